The van der Waals surface area contributed by atoms with E-state index in [1.165, 1.54) is 218 Å². The number of rotatable bonds is 45. The maximum absolute atomic E-state index is 12.4. The molecule has 0 saturated carbocycles. The highest BCUT2D eigenvalue weighted by Crippen LogP contribution is 2.16. The van der Waals surface area contributed by atoms with Crippen molar-refractivity contribution in [2.75, 3.05) is 6.61 Å². The molecule has 0 aliphatic rings. The zero-order valence-electron chi connectivity index (χ0n) is 36.8. The van der Waals surface area contributed by atoms with Crippen LogP contribution in [0, 0.1) is 0 Å². The van der Waals surface area contributed by atoms with Gasteiger partial charge in [0.1, 0.15) is 0 Å². The van der Waals surface area contributed by atoms with Gasteiger partial charge in [0.05, 0.1) is 18.8 Å². The summed E-state index contributed by atoms with van der Waals surface area (Å²) in [4.78, 5) is 12.4. The molecule has 54 heavy (non-hydrogen) atoms. The van der Waals surface area contributed by atoms with Crippen molar-refractivity contribution in [3.05, 3.63) is 24.3 Å². The van der Waals surface area contributed by atoms with Crippen LogP contribution in [0.3, 0.4) is 0 Å². The predicted molar refractivity (Wildman–Crippen MR) is 239 cm³/mol. The molecule has 2 atom stereocenters. The standard InChI is InChI=1S/C50H97NO3/c1-3-5-7-9-11-13-15-17-19-21-23-25-26-27-29-31-33-35-37-39-41-43-45-49(53)48(47-52)51-50(54)46-44-42-40-38-36-34-32-30-28-24-22-20-18-16-14-12-10-8-6-4-2/h35,37,43,45,48-49,52-53H,3-34,36,38-42,44,46-47H2,1-2H3,(H,51,54)/b37-35+,45-43+. The average Bonchev–Trinajstić information content (AvgIpc) is 3.18. The van der Waals surface area contributed by atoms with Gasteiger partial charge in [-0.15, -0.1) is 0 Å². The Bertz CT molecular complexity index is 780. The first-order valence-electron chi connectivity index (χ1n) is 24.6. The molecule has 0 aliphatic carbocycles. The van der Waals surface area contributed by atoms with E-state index in [1.54, 1.807) is 6.08 Å². The Morgan fingerprint density at radius 3 is 1.07 bits per heavy atom. The lowest BCUT2D eigenvalue weighted by Crippen LogP contribution is -2.45. The fourth-order valence-electron chi connectivity index (χ4n) is 7.67. The molecule has 0 fully saturated rings. The van der Waals surface area contributed by atoms with E-state index >= 15 is 0 Å². The molecule has 0 radical (unpaired) electrons. The van der Waals surface area contributed by atoms with E-state index < -0.39 is 12.1 Å². The minimum atomic E-state index is -0.858. The van der Waals surface area contributed by atoms with Gasteiger partial charge >= 0.3 is 0 Å². The zero-order valence-corrected chi connectivity index (χ0v) is 36.8. The molecule has 320 valence electrons. The lowest BCUT2D eigenvalue weighted by molar-refractivity contribution is -0.123. The Morgan fingerprint density at radius 2 is 0.722 bits per heavy atom. The van der Waals surface area contributed by atoms with Crippen LogP contribution >= 0.6 is 0 Å². The summed E-state index contributed by atoms with van der Waals surface area (Å²) in [5, 5.41) is 23.1. The van der Waals surface area contributed by atoms with Crippen LogP contribution in [0.4, 0.5) is 0 Å². The number of carbonyl (C=O) groups is 1. The first-order valence-corrected chi connectivity index (χ1v) is 24.6. The average molecular weight is 760 g/mol. The molecule has 2 unspecified atom stereocenters. The summed E-state index contributed by atoms with van der Waals surface area (Å²) < 4.78 is 0. The topological polar surface area (TPSA) is 69.6 Å². The number of aliphatic hydroxyl groups is 2. The fourth-order valence-corrected chi connectivity index (χ4v) is 7.67. The van der Waals surface area contributed by atoms with Gasteiger partial charge in [-0.3, -0.25) is 4.79 Å². The molecule has 0 heterocycles. The predicted octanol–water partition coefficient (Wildman–Crippen LogP) is 15.6. The lowest BCUT2D eigenvalue weighted by atomic mass is 10.0. The second-order valence-electron chi connectivity index (χ2n) is 16.9. The molecule has 1 amide bonds. The molecule has 0 bridgehead atoms. The smallest absolute Gasteiger partial charge is 0.220 e. The van der Waals surface area contributed by atoms with E-state index in [0.717, 1.165) is 32.1 Å². The summed E-state index contributed by atoms with van der Waals surface area (Å²) >= 11 is 0. The van der Waals surface area contributed by atoms with Crippen molar-refractivity contribution in [2.45, 2.75) is 283 Å². The third-order valence-electron chi connectivity index (χ3n) is 11.4. The SMILES string of the molecule is CCCCCCCCCCCCCCCCCC/C=C/CC/C=C/C(O)C(CO)NC(=O)CCCCCCCCCCCCCCCCCCCCCC. The van der Waals surface area contributed by atoms with E-state index in [1.807, 2.05) is 6.08 Å². The van der Waals surface area contributed by atoms with Gasteiger partial charge in [-0.2, -0.15) is 0 Å². The lowest BCUT2D eigenvalue weighted by Gasteiger charge is -2.19. The minimum absolute atomic E-state index is 0.0686. The Morgan fingerprint density at radius 1 is 0.426 bits per heavy atom. The first-order chi connectivity index (χ1) is 26.7. The third kappa shape index (κ3) is 42.0. The van der Waals surface area contributed by atoms with Crippen LogP contribution in [0.2, 0.25) is 0 Å². The van der Waals surface area contributed by atoms with E-state index in [0.29, 0.717) is 6.42 Å². The highest BCUT2D eigenvalue weighted by atomic mass is 16.3. The van der Waals surface area contributed by atoms with Crippen LogP contribution in [-0.2, 0) is 4.79 Å². The number of unbranched alkanes of at least 4 members (excludes halogenated alkanes) is 36. The number of amides is 1. The summed E-state index contributed by atoms with van der Waals surface area (Å²) in [5.74, 6) is -0.0686. The van der Waals surface area contributed by atoms with Crippen LogP contribution in [0.1, 0.15) is 271 Å². The van der Waals surface area contributed by atoms with Gasteiger partial charge in [0.15, 0.2) is 0 Å². The van der Waals surface area contributed by atoms with E-state index in [9.17, 15) is 15.0 Å². The van der Waals surface area contributed by atoms with Crippen LogP contribution < -0.4 is 5.32 Å². The third-order valence-corrected chi connectivity index (χ3v) is 11.4. The first kappa shape index (κ1) is 52.9. The van der Waals surface area contributed by atoms with Gasteiger partial charge in [0.25, 0.3) is 0 Å². The van der Waals surface area contributed by atoms with E-state index in [4.69, 9.17) is 0 Å². The Hall–Kier alpha value is -1.13. The van der Waals surface area contributed by atoms with Crippen LogP contribution in [0.5, 0.6) is 0 Å². The molecule has 0 aromatic heterocycles. The molecule has 3 N–H and O–H groups in total. The number of hydrogen-bond donors (Lipinski definition) is 3. The quantitative estimate of drug-likeness (QED) is 0.0428. The van der Waals surface area contributed by atoms with Crippen molar-refractivity contribution in [3.8, 4) is 0 Å². The monoisotopic (exact) mass is 760 g/mol. The van der Waals surface area contributed by atoms with Crippen molar-refractivity contribution >= 4 is 5.91 Å². The van der Waals surface area contributed by atoms with Crippen molar-refractivity contribution in [3.63, 3.8) is 0 Å². The van der Waals surface area contributed by atoms with Gasteiger partial charge in [-0.25, -0.2) is 0 Å². The largest absolute Gasteiger partial charge is 0.394 e. The molecule has 4 heteroatoms. The molecule has 0 spiro atoms. The molecular formula is C50H97NO3. The number of hydrogen-bond acceptors (Lipinski definition) is 3. The van der Waals surface area contributed by atoms with Crippen molar-refractivity contribution in [1.29, 1.82) is 0 Å². The van der Waals surface area contributed by atoms with Gasteiger partial charge < -0.3 is 15.5 Å². The summed E-state index contributed by atoms with van der Waals surface area (Å²) in [6.07, 6.45) is 60.2. The normalized spacial score (nSPS) is 13.0. The molecule has 0 rings (SSSR count). The number of nitrogens with one attached hydrogen (secondary N) is 1. The maximum atomic E-state index is 12.4. The van der Waals surface area contributed by atoms with Crippen molar-refractivity contribution in [2.24, 2.45) is 0 Å². The van der Waals surface area contributed by atoms with E-state index in [-0.39, 0.29) is 12.5 Å². The minimum Gasteiger partial charge on any atom is -0.394 e. The Balaban J connectivity index is 3.54. The number of carbonyl (C=O) groups excluding carboxylic acids is 1. The summed E-state index contributed by atoms with van der Waals surface area (Å²) in [6.45, 7) is 4.33. The molecule has 0 saturated heterocycles. The molecule has 0 aliphatic heterocycles. The summed E-state index contributed by atoms with van der Waals surface area (Å²) in [6, 6.07) is -0.635. The highest BCUT2D eigenvalue weighted by Gasteiger charge is 2.17. The summed E-state index contributed by atoms with van der Waals surface area (Å²) in [7, 11) is 0. The van der Waals surface area contributed by atoms with Gasteiger partial charge in [-0.1, -0.05) is 256 Å². The van der Waals surface area contributed by atoms with Gasteiger partial charge in [-0.05, 0) is 32.1 Å². The van der Waals surface area contributed by atoms with Gasteiger partial charge in [0, 0.05) is 6.42 Å². The Kier molecular flexibility index (Phi) is 45.3. The molecule has 0 aromatic carbocycles. The van der Waals surface area contributed by atoms with Crippen molar-refractivity contribution < 1.29 is 15.0 Å². The zero-order chi connectivity index (χ0) is 39.3. The van der Waals surface area contributed by atoms with Crippen LogP contribution in [-0.4, -0.2) is 34.9 Å². The van der Waals surface area contributed by atoms with Crippen LogP contribution in [0.15, 0.2) is 24.3 Å². The van der Waals surface area contributed by atoms with Crippen molar-refractivity contribution in [1.82, 2.24) is 5.32 Å². The molecule has 4 nitrogen and oxygen atoms in total. The maximum Gasteiger partial charge on any atom is 0.220 e. The Labute approximate surface area is 339 Å². The van der Waals surface area contributed by atoms with E-state index in [2.05, 4.69) is 31.3 Å². The summed E-state index contributed by atoms with van der Waals surface area (Å²) in [5.41, 5.74) is 0. The molecule has 0 aromatic rings. The second kappa shape index (κ2) is 46.3. The second-order valence-corrected chi connectivity index (χ2v) is 16.9. The van der Waals surface area contributed by atoms with Gasteiger partial charge in [0.2, 0.25) is 5.91 Å². The van der Waals surface area contributed by atoms with Crippen LogP contribution in [0.25, 0.3) is 0 Å². The number of allylic oxidation sites excluding steroid dienone is 3. The highest BCUT2D eigenvalue weighted by molar-refractivity contribution is 5.76. The number of aliphatic hydroxyl groups excluding tert-OH is 2. The fraction of sp³-hybridized carbons (Fsp3) is 0.900. The molecular weight excluding hydrogens is 663 g/mol.